The van der Waals surface area contributed by atoms with Crippen LogP contribution in [0.3, 0.4) is 0 Å². The van der Waals surface area contributed by atoms with Crippen LogP contribution in [0, 0.1) is 0 Å². The summed E-state index contributed by atoms with van der Waals surface area (Å²) in [5.74, 6) is 0.195. The van der Waals surface area contributed by atoms with Gasteiger partial charge in [0.1, 0.15) is 6.26 Å². The van der Waals surface area contributed by atoms with Crippen LogP contribution >= 0.6 is 0 Å². The Morgan fingerprint density at radius 3 is 3.00 bits per heavy atom. The summed E-state index contributed by atoms with van der Waals surface area (Å²) in [5.41, 5.74) is 0. The number of ether oxygens (including phenoxy) is 1. The Bertz CT molecular complexity index is 203. The van der Waals surface area contributed by atoms with Crippen LogP contribution in [0.4, 0.5) is 0 Å². The average Bonchev–Trinajstić information content (AvgIpc) is 2.55. The average molecular weight is 154 g/mol. The van der Waals surface area contributed by atoms with Gasteiger partial charge in [0.2, 0.25) is 5.91 Å². The summed E-state index contributed by atoms with van der Waals surface area (Å²) >= 11 is 0. The van der Waals surface area contributed by atoms with Crippen LogP contribution in [0.1, 0.15) is 12.8 Å². The normalized spacial score (nSPS) is 23.1. The quantitative estimate of drug-likeness (QED) is 0.544. The zero-order valence-corrected chi connectivity index (χ0v) is 6.19. The fourth-order valence-corrected chi connectivity index (χ4v) is 1.33. The number of carbonyl (C=O) groups is 1. The molecule has 2 heterocycles. The fourth-order valence-electron chi connectivity index (χ4n) is 1.33. The van der Waals surface area contributed by atoms with Gasteiger partial charge in [0.05, 0.1) is 6.20 Å². The molecule has 0 spiro atoms. The number of hydrogen-bond donors (Lipinski definition) is 0. The lowest BCUT2D eigenvalue weighted by Crippen LogP contribution is -2.38. The first kappa shape index (κ1) is 6.52. The molecule has 2 aliphatic heterocycles. The number of nitrogens with zero attached hydrogens (tertiary/aromatic N) is 2. The maximum absolute atomic E-state index is 11.2. The molecule has 11 heavy (non-hydrogen) atoms. The highest BCUT2D eigenvalue weighted by Crippen LogP contribution is 2.15. The first-order valence-electron chi connectivity index (χ1n) is 3.73. The predicted molar refractivity (Wildman–Crippen MR) is 37.9 cm³/mol. The van der Waals surface area contributed by atoms with E-state index in [0.29, 0.717) is 13.2 Å². The first-order valence-corrected chi connectivity index (χ1v) is 3.73. The summed E-state index contributed by atoms with van der Waals surface area (Å²) < 4.78 is 4.97. The van der Waals surface area contributed by atoms with Crippen molar-refractivity contribution in [3.63, 3.8) is 0 Å². The molecule has 0 aliphatic carbocycles. The molecule has 0 atom stereocenters. The van der Waals surface area contributed by atoms with E-state index in [9.17, 15) is 4.79 Å². The van der Waals surface area contributed by atoms with Crippen LogP contribution in [-0.2, 0) is 9.53 Å². The highest BCUT2D eigenvalue weighted by Gasteiger charge is 2.25. The van der Waals surface area contributed by atoms with E-state index in [0.717, 1.165) is 13.0 Å². The summed E-state index contributed by atoms with van der Waals surface area (Å²) in [4.78, 5) is 11.2. The molecule has 4 nitrogen and oxygen atoms in total. The van der Waals surface area contributed by atoms with Gasteiger partial charge in [-0.2, -0.15) is 0 Å². The Labute approximate surface area is 65.0 Å². The highest BCUT2D eigenvalue weighted by atomic mass is 16.5. The molecule has 60 valence electrons. The van der Waals surface area contributed by atoms with Gasteiger partial charge in [-0.1, -0.05) is 0 Å². The lowest BCUT2D eigenvalue weighted by molar-refractivity contribution is -0.141. The minimum atomic E-state index is 0.195. The second kappa shape index (κ2) is 2.45. The van der Waals surface area contributed by atoms with Crippen LogP contribution in [-0.4, -0.2) is 29.2 Å². The van der Waals surface area contributed by atoms with Gasteiger partial charge in [0.25, 0.3) is 0 Å². The van der Waals surface area contributed by atoms with E-state index >= 15 is 0 Å². The highest BCUT2D eigenvalue weighted by molar-refractivity contribution is 5.77. The van der Waals surface area contributed by atoms with Gasteiger partial charge in [-0.3, -0.25) is 14.8 Å². The van der Waals surface area contributed by atoms with Crippen molar-refractivity contribution >= 4 is 5.91 Å². The van der Waals surface area contributed by atoms with Crippen molar-refractivity contribution < 1.29 is 9.53 Å². The van der Waals surface area contributed by atoms with Gasteiger partial charge in [0, 0.05) is 13.0 Å². The van der Waals surface area contributed by atoms with Gasteiger partial charge in [0.15, 0.2) is 6.73 Å². The summed E-state index contributed by atoms with van der Waals surface area (Å²) in [6, 6.07) is 0. The smallest absolute Gasteiger partial charge is 0.241 e. The van der Waals surface area contributed by atoms with Crippen molar-refractivity contribution in [2.24, 2.45) is 0 Å². The van der Waals surface area contributed by atoms with Gasteiger partial charge in [-0.05, 0) is 6.42 Å². The molecule has 0 aromatic carbocycles. The van der Waals surface area contributed by atoms with Crippen LogP contribution in [0.5, 0.6) is 0 Å². The maximum Gasteiger partial charge on any atom is 0.241 e. The Hall–Kier alpha value is -1.19. The summed E-state index contributed by atoms with van der Waals surface area (Å²) in [6.45, 7) is 1.30. The standard InChI is InChI=1S/C7H10N2O2/c10-7-2-1-3-9(7)8-4-5-11-6-8/h4-5H,1-3,6H2. The van der Waals surface area contributed by atoms with E-state index in [1.807, 2.05) is 0 Å². The molecule has 2 aliphatic rings. The van der Waals surface area contributed by atoms with Crippen molar-refractivity contribution in [1.82, 2.24) is 10.0 Å². The first-order chi connectivity index (χ1) is 5.38. The van der Waals surface area contributed by atoms with Gasteiger partial charge >= 0.3 is 0 Å². The molecular formula is C7H10N2O2. The van der Waals surface area contributed by atoms with Crippen LogP contribution in [0.15, 0.2) is 12.5 Å². The Morgan fingerprint density at radius 2 is 2.45 bits per heavy atom. The van der Waals surface area contributed by atoms with E-state index in [4.69, 9.17) is 4.74 Å². The van der Waals surface area contributed by atoms with Crippen LogP contribution in [0.25, 0.3) is 0 Å². The van der Waals surface area contributed by atoms with E-state index in [1.54, 1.807) is 22.5 Å². The number of amides is 1. The number of hydrazine groups is 1. The third kappa shape index (κ3) is 1.04. The largest absolute Gasteiger partial charge is 0.477 e. The molecular weight excluding hydrogens is 144 g/mol. The SMILES string of the molecule is O=C1CCCN1N1C=COC1. The third-order valence-electron chi connectivity index (χ3n) is 1.89. The van der Waals surface area contributed by atoms with Crippen LogP contribution < -0.4 is 0 Å². The van der Waals surface area contributed by atoms with E-state index in [1.165, 1.54) is 0 Å². The molecule has 4 heteroatoms. The van der Waals surface area contributed by atoms with Crippen molar-refractivity contribution in [3.8, 4) is 0 Å². The number of carbonyl (C=O) groups excluding carboxylic acids is 1. The number of rotatable bonds is 1. The minimum Gasteiger partial charge on any atom is -0.477 e. The molecule has 0 N–H and O–H groups in total. The van der Waals surface area contributed by atoms with E-state index in [-0.39, 0.29) is 5.91 Å². The van der Waals surface area contributed by atoms with Gasteiger partial charge in [-0.15, -0.1) is 0 Å². The second-order valence-electron chi connectivity index (χ2n) is 2.64. The zero-order chi connectivity index (χ0) is 7.68. The van der Waals surface area contributed by atoms with Crippen molar-refractivity contribution in [1.29, 1.82) is 0 Å². The summed E-state index contributed by atoms with van der Waals surface area (Å²) in [7, 11) is 0. The molecule has 0 unspecified atom stereocenters. The Balaban J connectivity index is 2.03. The molecule has 2 rings (SSSR count). The molecule has 0 aromatic rings. The van der Waals surface area contributed by atoms with Crippen molar-refractivity contribution in [2.75, 3.05) is 13.3 Å². The van der Waals surface area contributed by atoms with E-state index in [2.05, 4.69) is 0 Å². The molecule has 1 fully saturated rings. The van der Waals surface area contributed by atoms with Crippen LogP contribution in [0.2, 0.25) is 0 Å². The van der Waals surface area contributed by atoms with Crippen molar-refractivity contribution in [3.05, 3.63) is 12.5 Å². The molecule has 0 aromatic heterocycles. The Kier molecular flexibility index (Phi) is 1.45. The fraction of sp³-hybridized carbons (Fsp3) is 0.571. The number of hydrogen-bond acceptors (Lipinski definition) is 3. The lowest BCUT2D eigenvalue weighted by Gasteiger charge is -2.25. The molecule has 0 saturated carbocycles. The molecule has 1 amide bonds. The third-order valence-corrected chi connectivity index (χ3v) is 1.89. The van der Waals surface area contributed by atoms with Gasteiger partial charge < -0.3 is 4.74 Å². The van der Waals surface area contributed by atoms with E-state index < -0.39 is 0 Å². The molecule has 0 radical (unpaired) electrons. The predicted octanol–water partition coefficient (Wildman–Crippen LogP) is 0.285. The lowest BCUT2D eigenvalue weighted by atomic mass is 10.4. The zero-order valence-electron chi connectivity index (χ0n) is 6.19. The second-order valence-corrected chi connectivity index (χ2v) is 2.64. The van der Waals surface area contributed by atoms with Gasteiger partial charge in [-0.25, -0.2) is 0 Å². The summed E-state index contributed by atoms with van der Waals surface area (Å²) in [5, 5.41) is 3.53. The topological polar surface area (TPSA) is 32.8 Å². The van der Waals surface area contributed by atoms with Crippen molar-refractivity contribution in [2.45, 2.75) is 12.8 Å². The minimum absolute atomic E-state index is 0.195. The molecule has 1 saturated heterocycles. The maximum atomic E-state index is 11.2. The Morgan fingerprint density at radius 1 is 1.55 bits per heavy atom. The summed E-state index contributed by atoms with van der Waals surface area (Å²) in [6.07, 6.45) is 5.02. The monoisotopic (exact) mass is 154 g/mol. The molecule has 0 bridgehead atoms.